The zero-order valence-corrected chi connectivity index (χ0v) is 13.0. The van der Waals surface area contributed by atoms with Gasteiger partial charge in [0.1, 0.15) is 0 Å². The van der Waals surface area contributed by atoms with E-state index in [1.807, 2.05) is 0 Å². The number of rotatable bonds is 5. The van der Waals surface area contributed by atoms with E-state index in [4.69, 9.17) is 0 Å². The maximum atomic E-state index is 9.78. The van der Waals surface area contributed by atoms with Crippen LogP contribution < -0.4 is 5.32 Å². The second kappa shape index (κ2) is 6.11. The summed E-state index contributed by atoms with van der Waals surface area (Å²) in [5.41, 5.74) is 0.474. The first kappa shape index (κ1) is 15.3. The highest BCUT2D eigenvalue weighted by molar-refractivity contribution is 5.00. The number of nitrogens with one attached hydrogen (secondary N) is 1. The van der Waals surface area contributed by atoms with Crippen LogP contribution in [0.4, 0.5) is 0 Å². The molecule has 1 saturated heterocycles. The summed E-state index contributed by atoms with van der Waals surface area (Å²) >= 11 is 0. The molecular weight excluding hydrogens is 236 g/mol. The van der Waals surface area contributed by atoms with Crippen molar-refractivity contribution in [1.82, 2.24) is 10.2 Å². The third-order valence-corrected chi connectivity index (χ3v) is 5.08. The molecule has 1 aliphatic carbocycles. The monoisotopic (exact) mass is 268 g/mol. The molecule has 1 aliphatic heterocycles. The standard InChI is InChI=1S/C16H32N2O/c1-4-9-17-16(13-19)8-6-14(11-16)18-10-5-7-15(2,3)12-18/h14,17,19H,4-13H2,1-3H3. The summed E-state index contributed by atoms with van der Waals surface area (Å²) in [5.74, 6) is 0. The Balaban J connectivity index is 1.93. The number of hydrogen-bond donors (Lipinski definition) is 2. The van der Waals surface area contributed by atoms with Gasteiger partial charge >= 0.3 is 0 Å². The summed E-state index contributed by atoms with van der Waals surface area (Å²) in [6.07, 6.45) is 7.33. The Morgan fingerprint density at radius 3 is 2.74 bits per heavy atom. The largest absolute Gasteiger partial charge is 0.394 e. The average Bonchev–Trinajstić information content (AvgIpc) is 2.80. The fraction of sp³-hybridized carbons (Fsp3) is 1.00. The highest BCUT2D eigenvalue weighted by Crippen LogP contribution is 2.37. The Kier molecular flexibility index (Phi) is 4.91. The molecule has 2 atom stereocenters. The van der Waals surface area contributed by atoms with E-state index in [9.17, 15) is 5.11 Å². The van der Waals surface area contributed by atoms with Gasteiger partial charge in [-0.25, -0.2) is 0 Å². The molecule has 0 amide bonds. The molecule has 2 fully saturated rings. The molecule has 3 nitrogen and oxygen atoms in total. The molecule has 2 rings (SSSR count). The van der Waals surface area contributed by atoms with Gasteiger partial charge in [0.2, 0.25) is 0 Å². The first-order valence-corrected chi connectivity index (χ1v) is 8.10. The lowest BCUT2D eigenvalue weighted by Gasteiger charge is -2.42. The molecule has 112 valence electrons. The quantitative estimate of drug-likeness (QED) is 0.803. The minimum Gasteiger partial charge on any atom is -0.394 e. The molecular formula is C16H32N2O. The van der Waals surface area contributed by atoms with Crippen LogP contribution in [-0.2, 0) is 0 Å². The number of aliphatic hydroxyl groups is 1. The Morgan fingerprint density at radius 2 is 2.11 bits per heavy atom. The van der Waals surface area contributed by atoms with Crippen molar-refractivity contribution in [2.75, 3.05) is 26.2 Å². The first-order valence-electron chi connectivity index (χ1n) is 8.10. The van der Waals surface area contributed by atoms with Gasteiger partial charge in [-0.05, 0) is 57.0 Å². The van der Waals surface area contributed by atoms with Crippen molar-refractivity contribution in [2.45, 2.75) is 70.9 Å². The Hall–Kier alpha value is -0.120. The second-order valence-corrected chi connectivity index (χ2v) is 7.50. The Labute approximate surface area is 118 Å². The van der Waals surface area contributed by atoms with Crippen LogP contribution in [-0.4, -0.2) is 47.8 Å². The fourth-order valence-electron chi connectivity index (χ4n) is 3.94. The molecule has 0 bridgehead atoms. The van der Waals surface area contributed by atoms with E-state index in [0.29, 0.717) is 18.1 Å². The van der Waals surface area contributed by atoms with E-state index in [0.717, 1.165) is 25.8 Å². The normalized spacial score (nSPS) is 35.7. The SMILES string of the molecule is CCCNC1(CO)CCC(N2CCCC(C)(C)C2)C1. The van der Waals surface area contributed by atoms with Gasteiger partial charge in [-0.3, -0.25) is 4.90 Å². The van der Waals surface area contributed by atoms with Crippen molar-refractivity contribution in [2.24, 2.45) is 5.41 Å². The third-order valence-electron chi connectivity index (χ3n) is 5.08. The summed E-state index contributed by atoms with van der Waals surface area (Å²) in [6, 6.07) is 0.677. The molecule has 0 aromatic carbocycles. The fourth-order valence-corrected chi connectivity index (χ4v) is 3.94. The maximum Gasteiger partial charge on any atom is 0.0613 e. The van der Waals surface area contributed by atoms with Crippen molar-refractivity contribution < 1.29 is 5.11 Å². The minimum absolute atomic E-state index is 0.00225. The van der Waals surface area contributed by atoms with Gasteiger partial charge in [0.15, 0.2) is 0 Å². The van der Waals surface area contributed by atoms with Crippen LogP contribution in [0.2, 0.25) is 0 Å². The smallest absolute Gasteiger partial charge is 0.0613 e. The van der Waals surface area contributed by atoms with E-state index in [2.05, 4.69) is 31.0 Å². The van der Waals surface area contributed by atoms with Crippen LogP contribution in [0.5, 0.6) is 0 Å². The van der Waals surface area contributed by atoms with Crippen LogP contribution in [0.15, 0.2) is 0 Å². The van der Waals surface area contributed by atoms with Crippen LogP contribution in [0.1, 0.15) is 59.3 Å². The summed E-state index contributed by atoms with van der Waals surface area (Å²) in [7, 11) is 0. The van der Waals surface area contributed by atoms with E-state index < -0.39 is 0 Å². The molecule has 0 aromatic rings. The number of hydrogen-bond acceptors (Lipinski definition) is 3. The average molecular weight is 268 g/mol. The lowest BCUT2D eigenvalue weighted by atomic mass is 9.83. The van der Waals surface area contributed by atoms with E-state index in [-0.39, 0.29) is 5.54 Å². The van der Waals surface area contributed by atoms with Crippen molar-refractivity contribution in [3.05, 3.63) is 0 Å². The van der Waals surface area contributed by atoms with Gasteiger partial charge in [-0.15, -0.1) is 0 Å². The van der Waals surface area contributed by atoms with Crippen molar-refractivity contribution in [3.63, 3.8) is 0 Å². The highest BCUT2D eigenvalue weighted by atomic mass is 16.3. The lowest BCUT2D eigenvalue weighted by molar-refractivity contribution is 0.0719. The second-order valence-electron chi connectivity index (χ2n) is 7.50. The predicted molar refractivity (Wildman–Crippen MR) is 80.3 cm³/mol. The number of nitrogens with zero attached hydrogens (tertiary/aromatic N) is 1. The van der Waals surface area contributed by atoms with Gasteiger partial charge in [0, 0.05) is 18.1 Å². The minimum atomic E-state index is 0.00225. The van der Waals surface area contributed by atoms with Gasteiger partial charge in [-0.1, -0.05) is 20.8 Å². The summed E-state index contributed by atoms with van der Waals surface area (Å²) in [5, 5.41) is 13.4. The number of likely N-dealkylation sites (tertiary alicyclic amines) is 1. The summed E-state index contributed by atoms with van der Waals surface area (Å²) in [6.45, 7) is 10.8. The van der Waals surface area contributed by atoms with Gasteiger partial charge in [-0.2, -0.15) is 0 Å². The maximum absolute atomic E-state index is 9.78. The molecule has 1 saturated carbocycles. The summed E-state index contributed by atoms with van der Waals surface area (Å²) in [4.78, 5) is 2.69. The molecule has 0 aromatic heterocycles. The van der Waals surface area contributed by atoms with Crippen LogP contribution in [0, 0.1) is 5.41 Å². The van der Waals surface area contributed by atoms with Crippen LogP contribution in [0.25, 0.3) is 0 Å². The van der Waals surface area contributed by atoms with Crippen molar-refractivity contribution in [3.8, 4) is 0 Å². The molecule has 0 spiro atoms. The molecule has 0 radical (unpaired) electrons. The van der Waals surface area contributed by atoms with E-state index in [1.54, 1.807) is 0 Å². The molecule has 1 heterocycles. The zero-order chi connectivity index (χ0) is 13.9. The van der Waals surface area contributed by atoms with Crippen LogP contribution in [0.3, 0.4) is 0 Å². The predicted octanol–water partition coefficient (Wildman–Crippen LogP) is 2.39. The number of piperidine rings is 1. The van der Waals surface area contributed by atoms with Gasteiger partial charge in [0.05, 0.1) is 6.61 Å². The van der Waals surface area contributed by atoms with Gasteiger partial charge < -0.3 is 10.4 Å². The van der Waals surface area contributed by atoms with Crippen molar-refractivity contribution >= 4 is 0 Å². The first-order chi connectivity index (χ1) is 9.00. The molecule has 2 aliphatic rings. The highest BCUT2D eigenvalue weighted by Gasteiger charge is 2.42. The van der Waals surface area contributed by atoms with Crippen LogP contribution >= 0.6 is 0 Å². The molecule has 2 N–H and O–H groups in total. The lowest BCUT2D eigenvalue weighted by Crippen LogP contribution is -2.50. The molecule has 2 unspecified atom stereocenters. The topological polar surface area (TPSA) is 35.5 Å². The summed E-state index contributed by atoms with van der Waals surface area (Å²) < 4.78 is 0. The number of aliphatic hydroxyl groups excluding tert-OH is 1. The molecule has 19 heavy (non-hydrogen) atoms. The van der Waals surface area contributed by atoms with Crippen molar-refractivity contribution in [1.29, 1.82) is 0 Å². The van der Waals surface area contributed by atoms with E-state index >= 15 is 0 Å². The van der Waals surface area contributed by atoms with Gasteiger partial charge in [0.25, 0.3) is 0 Å². The Bertz CT molecular complexity index is 292. The Morgan fingerprint density at radius 1 is 1.32 bits per heavy atom. The van der Waals surface area contributed by atoms with E-state index in [1.165, 1.54) is 32.4 Å². The molecule has 3 heteroatoms. The third kappa shape index (κ3) is 3.71. The zero-order valence-electron chi connectivity index (χ0n) is 13.0.